The van der Waals surface area contributed by atoms with Gasteiger partial charge in [-0.25, -0.2) is 8.42 Å². The van der Waals surface area contributed by atoms with Gasteiger partial charge in [-0.05, 0) is 25.2 Å². The predicted octanol–water partition coefficient (Wildman–Crippen LogP) is 1.16. The third kappa shape index (κ3) is 2.95. The smallest absolute Gasteiger partial charge is 0.244 e. The molecule has 0 saturated carbocycles. The molecule has 2 heterocycles. The van der Waals surface area contributed by atoms with Crippen molar-refractivity contribution in [2.45, 2.75) is 18.0 Å². The normalized spacial score (nSPS) is 12.2. The van der Waals surface area contributed by atoms with Gasteiger partial charge in [-0.2, -0.15) is 4.31 Å². The van der Waals surface area contributed by atoms with Gasteiger partial charge in [-0.1, -0.05) is 0 Å². The van der Waals surface area contributed by atoms with Crippen molar-refractivity contribution in [1.82, 2.24) is 14.2 Å². The molecule has 0 aliphatic carbocycles. The van der Waals surface area contributed by atoms with Crippen LogP contribution in [0, 0.1) is 0 Å². The van der Waals surface area contributed by atoms with Crippen LogP contribution in [0.2, 0.25) is 0 Å². The summed E-state index contributed by atoms with van der Waals surface area (Å²) in [5, 5.41) is 3.01. The number of hydrogen-bond acceptors (Lipinski definition) is 4. The molecule has 1 N–H and O–H groups in total. The number of nitrogens with one attached hydrogen (secondary N) is 1. The van der Waals surface area contributed by atoms with E-state index < -0.39 is 10.0 Å². The number of aromatic nitrogens is 1. The lowest BCUT2D eigenvalue weighted by Gasteiger charge is -2.14. The van der Waals surface area contributed by atoms with E-state index in [1.54, 1.807) is 31.4 Å². The summed E-state index contributed by atoms with van der Waals surface area (Å²) in [4.78, 5) is 0.291. The average Bonchev–Trinajstić information content (AvgIpc) is 3.01. The molecule has 6 nitrogen and oxygen atoms in total. The van der Waals surface area contributed by atoms with Gasteiger partial charge in [-0.3, -0.25) is 0 Å². The zero-order valence-electron chi connectivity index (χ0n) is 11.8. The summed E-state index contributed by atoms with van der Waals surface area (Å²) in [6, 6.07) is 5.18. The maximum atomic E-state index is 12.5. The molecule has 2 aromatic rings. The monoisotopic (exact) mass is 297 g/mol. The Balaban J connectivity index is 2.23. The Morgan fingerprint density at radius 3 is 2.80 bits per heavy atom. The highest BCUT2D eigenvalue weighted by molar-refractivity contribution is 7.89. The molecule has 0 aromatic carbocycles. The van der Waals surface area contributed by atoms with Crippen molar-refractivity contribution in [1.29, 1.82) is 0 Å². The maximum Gasteiger partial charge on any atom is 0.244 e. The summed E-state index contributed by atoms with van der Waals surface area (Å²) >= 11 is 0. The molecule has 0 radical (unpaired) electrons. The summed E-state index contributed by atoms with van der Waals surface area (Å²) < 4.78 is 33.2. The second-order valence-electron chi connectivity index (χ2n) is 4.65. The van der Waals surface area contributed by atoms with Gasteiger partial charge in [0.15, 0.2) is 0 Å². The lowest BCUT2D eigenvalue weighted by Crippen LogP contribution is -2.26. The minimum Gasteiger partial charge on any atom is -0.468 e. The van der Waals surface area contributed by atoms with Crippen LogP contribution < -0.4 is 5.32 Å². The zero-order valence-corrected chi connectivity index (χ0v) is 12.6. The third-order valence-corrected chi connectivity index (χ3v) is 4.88. The van der Waals surface area contributed by atoms with Crippen LogP contribution in [0.5, 0.6) is 0 Å². The van der Waals surface area contributed by atoms with E-state index in [-0.39, 0.29) is 6.54 Å². The van der Waals surface area contributed by atoms with E-state index in [0.29, 0.717) is 17.2 Å². The highest BCUT2D eigenvalue weighted by Gasteiger charge is 2.23. The van der Waals surface area contributed by atoms with Gasteiger partial charge in [0.25, 0.3) is 0 Å². The van der Waals surface area contributed by atoms with E-state index >= 15 is 0 Å². The standard InChI is InChI=1S/C13H19N3O3S/c1-14-8-11-7-13(10-15(11)2)20(17,18)16(3)9-12-5-4-6-19-12/h4-7,10,14H,8-9H2,1-3H3. The fourth-order valence-corrected chi connectivity index (χ4v) is 3.20. The van der Waals surface area contributed by atoms with E-state index in [4.69, 9.17) is 4.42 Å². The molecule has 2 aromatic heterocycles. The van der Waals surface area contributed by atoms with Gasteiger partial charge in [0.05, 0.1) is 12.8 Å². The molecule has 0 atom stereocenters. The Morgan fingerprint density at radius 1 is 1.45 bits per heavy atom. The largest absolute Gasteiger partial charge is 0.468 e. The van der Waals surface area contributed by atoms with E-state index in [1.165, 1.54) is 10.6 Å². The van der Waals surface area contributed by atoms with Gasteiger partial charge in [0.1, 0.15) is 10.7 Å². The topological polar surface area (TPSA) is 67.5 Å². The van der Waals surface area contributed by atoms with Crippen molar-refractivity contribution in [3.8, 4) is 0 Å². The molecule has 0 amide bonds. The Kier molecular flexibility index (Phi) is 4.32. The van der Waals surface area contributed by atoms with Crippen molar-refractivity contribution in [3.63, 3.8) is 0 Å². The lowest BCUT2D eigenvalue weighted by atomic mass is 10.4. The number of aryl methyl sites for hydroxylation is 1. The molecule has 0 aliphatic heterocycles. The first-order chi connectivity index (χ1) is 9.45. The van der Waals surface area contributed by atoms with Gasteiger partial charge in [0.2, 0.25) is 10.0 Å². The molecule has 2 rings (SSSR count). The highest BCUT2D eigenvalue weighted by Crippen LogP contribution is 2.19. The van der Waals surface area contributed by atoms with E-state index in [1.807, 2.05) is 18.7 Å². The van der Waals surface area contributed by atoms with Crippen LogP contribution in [-0.4, -0.2) is 31.4 Å². The molecular weight excluding hydrogens is 278 g/mol. The fraction of sp³-hybridized carbons (Fsp3) is 0.385. The molecule has 0 aliphatic rings. The molecule has 0 bridgehead atoms. The Bertz CT molecular complexity index is 659. The summed E-state index contributed by atoms with van der Waals surface area (Å²) in [7, 11) is 1.69. The van der Waals surface area contributed by atoms with Gasteiger partial charge in [0, 0.05) is 32.5 Å². The molecule has 7 heteroatoms. The quantitative estimate of drug-likeness (QED) is 0.869. The van der Waals surface area contributed by atoms with Crippen molar-refractivity contribution >= 4 is 10.0 Å². The van der Waals surface area contributed by atoms with Crippen LogP contribution >= 0.6 is 0 Å². The van der Waals surface area contributed by atoms with Crippen molar-refractivity contribution in [3.05, 3.63) is 42.1 Å². The SMILES string of the molecule is CNCc1cc(S(=O)(=O)N(C)Cc2ccco2)cn1C. The molecule has 0 fully saturated rings. The van der Waals surface area contributed by atoms with Crippen LogP contribution in [0.1, 0.15) is 11.5 Å². The average molecular weight is 297 g/mol. The minimum atomic E-state index is -3.51. The minimum absolute atomic E-state index is 0.214. The number of hydrogen-bond donors (Lipinski definition) is 1. The van der Waals surface area contributed by atoms with Gasteiger partial charge in [-0.15, -0.1) is 0 Å². The number of sulfonamides is 1. The van der Waals surface area contributed by atoms with Crippen molar-refractivity contribution in [2.24, 2.45) is 7.05 Å². The van der Waals surface area contributed by atoms with E-state index in [2.05, 4.69) is 5.32 Å². The molecule has 0 unspecified atom stereocenters. The summed E-state index contributed by atoms with van der Waals surface area (Å²) in [6.45, 7) is 0.833. The maximum absolute atomic E-state index is 12.5. The number of rotatable bonds is 6. The molecule has 20 heavy (non-hydrogen) atoms. The molecule has 0 spiro atoms. The number of furan rings is 1. The second-order valence-corrected chi connectivity index (χ2v) is 6.69. The third-order valence-electron chi connectivity index (χ3n) is 3.11. The van der Waals surface area contributed by atoms with Crippen molar-refractivity contribution in [2.75, 3.05) is 14.1 Å². The van der Waals surface area contributed by atoms with Crippen LogP contribution in [0.4, 0.5) is 0 Å². The van der Waals surface area contributed by atoms with Gasteiger partial charge < -0.3 is 14.3 Å². The summed E-state index contributed by atoms with van der Waals surface area (Å²) in [5.41, 5.74) is 0.914. The lowest BCUT2D eigenvalue weighted by molar-refractivity contribution is 0.406. The van der Waals surface area contributed by atoms with E-state index in [9.17, 15) is 8.42 Å². The number of nitrogens with zero attached hydrogens (tertiary/aromatic N) is 2. The second kappa shape index (κ2) is 5.82. The van der Waals surface area contributed by atoms with Crippen molar-refractivity contribution < 1.29 is 12.8 Å². The van der Waals surface area contributed by atoms with Crippen LogP contribution in [0.3, 0.4) is 0 Å². The predicted molar refractivity (Wildman–Crippen MR) is 75.5 cm³/mol. The summed E-state index contributed by atoms with van der Waals surface area (Å²) in [5.74, 6) is 0.613. The molecular formula is C13H19N3O3S. The molecule has 0 saturated heterocycles. The van der Waals surface area contributed by atoms with E-state index in [0.717, 1.165) is 5.69 Å². The zero-order chi connectivity index (χ0) is 14.8. The first-order valence-electron chi connectivity index (χ1n) is 6.23. The summed E-state index contributed by atoms with van der Waals surface area (Å²) in [6.07, 6.45) is 3.16. The first-order valence-corrected chi connectivity index (χ1v) is 7.67. The Labute approximate surface area is 119 Å². The highest BCUT2D eigenvalue weighted by atomic mass is 32.2. The van der Waals surface area contributed by atoms with Crippen LogP contribution in [0.15, 0.2) is 40.0 Å². The Morgan fingerprint density at radius 2 is 2.20 bits per heavy atom. The molecule has 110 valence electrons. The van der Waals surface area contributed by atoms with Gasteiger partial charge >= 0.3 is 0 Å². The first kappa shape index (κ1) is 14.8. The van der Waals surface area contributed by atoms with Crippen LogP contribution in [0.25, 0.3) is 0 Å². The fourth-order valence-electron chi connectivity index (χ4n) is 1.96. The van der Waals surface area contributed by atoms with Crippen LogP contribution in [-0.2, 0) is 30.2 Å². The Hall–Kier alpha value is -1.57.